The molecule has 0 spiro atoms. The molecule has 1 aromatic heterocycles. The number of methoxy groups -OCH3 is 1. The molecule has 1 aromatic carbocycles. The minimum Gasteiger partial charge on any atom is -0.496 e. The zero-order valence-corrected chi connectivity index (χ0v) is 11.9. The highest BCUT2D eigenvalue weighted by molar-refractivity contribution is 6.10. The van der Waals surface area contributed by atoms with E-state index in [0.717, 1.165) is 11.1 Å². The summed E-state index contributed by atoms with van der Waals surface area (Å²) in [5.74, 6) is 0.364. The minimum atomic E-state index is -0.192. The van der Waals surface area contributed by atoms with Gasteiger partial charge in [0.2, 0.25) is 5.78 Å². The van der Waals surface area contributed by atoms with Gasteiger partial charge in [0.25, 0.3) is 0 Å². The van der Waals surface area contributed by atoms with Crippen molar-refractivity contribution in [2.45, 2.75) is 20.4 Å². The third-order valence-electron chi connectivity index (χ3n) is 3.02. The summed E-state index contributed by atoms with van der Waals surface area (Å²) < 4.78 is 6.87. The lowest BCUT2D eigenvalue weighted by molar-refractivity contribution is 0.103. The van der Waals surface area contributed by atoms with E-state index in [1.807, 2.05) is 26.0 Å². The molecule has 20 heavy (non-hydrogen) atoms. The van der Waals surface area contributed by atoms with Gasteiger partial charge in [-0.1, -0.05) is 11.3 Å². The number of aryl methyl sites for hydroxylation is 2. The zero-order chi connectivity index (χ0) is 14.7. The van der Waals surface area contributed by atoms with Crippen LogP contribution in [-0.2, 0) is 6.54 Å². The molecule has 0 aliphatic heterocycles. The summed E-state index contributed by atoms with van der Waals surface area (Å²) >= 11 is 0. The van der Waals surface area contributed by atoms with Crippen LogP contribution < -0.4 is 10.5 Å². The highest BCUT2D eigenvalue weighted by Crippen LogP contribution is 2.26. The van der Waals surface area contributed by atoms with Gasteiger partial charge in [0, 0.05) is 6.54 Å². The molecule has 0 bridgehead atoms. The van der Waals surface area contributed by atoms with Gasteiger partial charge in [-0.15, -0.1) is 5.10 Å². The molecule has 2 aromatic rings. The van der Waals surface area contributed by atoms with E-state index in [1.165, 1.54) is 0 Å². The normalized spacial score (nSPS) is 10.6. The van der Waals surface area contributed by atoms with Crippen molar-refractivity contribution in [2.75, 3.05) is 13.7 Å². The van der Waals surface area contributed by atoms with Gasteiger partial charge in [-0.2, -0.15) is 0 Å². The van der Waals surface area contributed by atoms with E-state index in [0.29, 0.717) is 30.1 Å². The van der Waals surface area contributed by atoms with Crippen LogP contribution in [0.15, 0.2) is 18.3 Å². The molecule has 6 nitrogen and oxygen atoms in total. The maximum atomic E-state index is 12.5. The van der Waals surface area contributed by atoms with Crippen molar-refractivity contribution in [3.63, 3.8) is 0 Å². The number of carbonyl (C=O) groups is 1. The van der Waals surface area contributed by atoms with E-state index in [-0.39, 0.29) is 5.78 Å². The van der Waals surface area contributed by atoms with Crippen molar-refractivity contribution in [1.82, 2.24) is 15.0 Å². The van der Waals surface area contributed by atoms with Gasteiger partial charge >= 0.3 is 0 Å². The lowest BCUT2D eigenvalue weighted by atomic mass is 9.99. The molecule has 2 N–H and O–H groups in total. The first-order chi connectivity index (χ1) is 9.56. The van der Waals surface area contributed by atoms with Crippen LogP contribution in [0.2, 0.25) is 0 Å². The number of nitrogens with zero attached hydrogens (tertiary/aromatic N) is 3. The molecule has 6 heteroatoms. The molecule has 106 valence electrons. The van der Waals surface area contributed by atoms with E-state index < -0.39 is 0 Å². The fourth-order valence-corrected chi connectivity index (χ4v) is 2.15. The second-order valence-electron chi connectivity index (χ2n) is 4.64. The monoisotopic (exact) mass is 274 g/mol. The van der Waals surface area contributed by atoms with Crippen LogP contribution in [0.5, 0.6) is 5.75 Å². The van der Waals surface area contributed by atoms with Gasteiger partial charge in [0.1, 0.15) is 5.75 Å². The van der Waals surface area contributed by atoms with Gasteiger partial charge < -0.3 is 10.5 Å². The molecule has 0 amide bonds. The molecule has 0 fully saturated rings. The van der Waals surface area contributed by atoms with Gasteiger partial charge in [-0.05, 0) is 31.0 Å². The Labute approximate surface area is 117 Å². The van der Waals surface area contributed by atoms with E-state index in [1.54, 1.807) is 18.0 Å². The first-order valence-corrected chi connectivity index (χ1v) is 6.37. The topological polar surface area (TPSA) is 83.0 Å². The third kappa shape index (κ3) is 2.70. The zero-order valence-electron chi connectivity index (χ0n) is 11.9. The van der Waals surface area contributed by atoms with Crippen LogP contribution in [0, 0.1) is 13.8 Å². The summed E-state index contributed by atoms with van der Waals surface area (Å²) in [4.78, 5) is 12.5. The van der Waals surface area contributed by atoms with Gasteiger partial charge in [0.15, 0.2) is 5.69 Å². The molecule has 0 unspecified atom stereocenters. The summed E-state index contributed by atoms with van der Waals surface area (Å²) in [6.07, 6.45) is 1.61. The quantitative estimate of drug-likeness (QED) is 0.825. The standard InChI is InChI=1S/C14H18N4O2/c1-9-6-10(2)13(12(7-9)20-3)14(19)11-8-18(5-4-15)17-16-11/h6-8H,4-5,15H2,1-3H3. The molecular formula is C14H18N4O2. The van der Waals surface area contributed by atoms with Crippen LogP contribution in [0.1, 0.15) is 27.2 Å². The fourth-order valence-electron chi connectivity index (χ4n) is 2.15. The Balaban J connectivity index is 2.42. The average Bonchev–Trinajstić information content (AvgIpc) is 2.86. The number of rotatable bonds is 5. The minimum absolute atomic E-state index is 0.192. The Morgan fingerprint density at radius 2 is 2.15 bits per heavy atom. The van der Waals surface area contributed by atoms with Crippen LogP contribution in [-0.4, -0.2) is 34.4 Å². The lowest BCUT2D eigenvalue weighted by Crippen LogP contribution is -2.10. The molecule has 0 aliphatic carbocycles. The van der Waals surface area contributed by atoms with E-state index in [4.69, 9.17) is 10.5 Å². The number of hydrogen-bond donors (Lipinski definition) is 1. The highest BCUT2D eigenvalue weighted by Gasteiger charge is 2.20. The number of ether oxygens (including phenoxy) is 1. The van der Waals surface area contributed by atoms with Gasteiger partial charge in [0.05, 0.1) is 25.4 Å². The third-order valence-corrected chi connectivity index (χ3v) is 3.02. The maximum Gasteiger partial charge on any atom is 0.218 e. The predicted molar refractivity (Wildman–Crippen MR) is 75.0 cm³/mol. The summed E-state index contributed by atoms with van der Waals surface area (Å²) in [6.45, 7) is 4.82. The molecule has 0 radical (unpaired) electrons. The fraction of sp³-hybridized carbons (Fsp3) is 0.357. The Bertz CT molecular complexity index is 634. The van der Waals surface area contributed by atoms with Crippen molar-refractivity contribution in [3.8, 4) is 5.75 Å². The Hall–Kier alpha value is -2.21. The van der Waals surface area contributed by atoms with Crippen LogP contribution in [0.4, 0.5) is 0 Å². The number of carbonyl (C=O) groups excluding carboxylic acids is 1. The SMILES string of the molecule is COc1cc(C)cc(C)c1C(=O)c1cn(CCN)nn1. The second kappa shape index (κ2) is 5.83. The largest absolute Gasteiger partial charge is 0.496 e. The second-order valence-corrected chi connectivity index (χ2v) is 4.64. The van der Waals surface area contributed by atoms with E-state index >= 15 is 0 Å². The number of nitrogens with two attached hydrogens (primary N) is 1. The summed E-state index contributed by atoms with van der Waals surface area (Å²) in [5.41, 5.74) is 8.18. The van der Waals surface area contributed by atoms with Crippen LogP contribution >= 0.6 is 0 Å². The van der Waals surface area contributed by atoms with E-state index in [9.17, 15) is 4.79 Å². The highest BCUT2D eigenvalue weighted by atomic mass is 16.5. The van der Waals surface area contributed by atoms with Crippen molar-refractivity contribution < 1.29 is 9.53 Å². The van der Waals surface area contributed by atoms with Crippen molar-refractivity contribution in [1.29, 1.82) is 0 Å². The summed E-state index contributed by atoms with van der Waals surface area (Å²) in [6, 6.07) is 3.78. The van der Waals surface area contributed by atoms with E-state index in [2.05, 4.69) is 10.3 Å². The first-order valence-electron chi connectivity index (χ1n) is 6.37. The van der Waals surface area contributed by atoms with Gasteiger partial charge in [-0.3, -0.25) is 9.48 Å². The number of aromatic nitrogens is 3. The number of benzene rings is 1. The number of ketones is 1. The molecule has 0 saturated carbocycles. The predicted octanol–water partition coefficient (Wildman–Crippen LogP) is 1.09. The maximum absolute atomic E-state index is 12.5. The summed E-state index contributed by atoms with van der Waals surface area (Å²) in [5, 5.41) is 7.78. The lowest BCUT2D eigenvalue weighted by Gasteiger charge is -2.10. The molecule has 1 heterocycles. The Morgan fingerprint density at radius 3 is 2.80 bits per heavy atom. The molecule has 0 saturated heterocycles. The van der Waals surface area contributed by atoms with Crippen molar-refractivity contribution >= 4 is 5.78 Å². The average molecular weight is 274 g/mol. The molecule has 0 aliphatic rings. The van der Waals surface area contributed by atoms with Gasteiger partial charge in [-0.25, -0.2) is 0 Å². The summed E-state index contributed by atoms with van der Waals surface area (Å²) in [7, 11) is 1.55. The molecule has 2 rings (SSSR count). The number of hydrogen-bond acceptors (Lipinski definition) is 5. The van der Waals surface area contributed by atoms with Crippen molar-refractivity contribution in [2.24, 2.45) is 5.73 Å². The first kappa shape index (κ1) is 14.2. The molecule has 0 atom stereocenters. The van der Waals surface area contributed by atoms with Crippen LogP contribution in [0.3, 0.4) is 0 Å². The molecular weight excluding hydrogens is 256 g/mol. The smallest absolute Gasteiger partial charge is 0.218 e. The Kier molecular flexibility index (Phi) is 4.14. The van der Waals surface area contributed by atoms with Crippen molar-refractivity contribution in [3.05, 3.63) is 40.7 Å². The van der Waals surface area contributed by atoms with Crippen LogP contribution in [0.25, 0.3) is 0 Å². The Morgan fingerprint density at radius 1 is 1.40 bits per heavy atom.